The van der Waals surface area contributed by atoms with Crippen molar-refractivity contribution >= 4 is 0 Å². The summed E-state index contributed by atoms with van der Waals surface area (Å²) in [5.41, 5.74) is 4.01. The number of furan rings is 1. The number of likely N-dealkylation sites (N-methyl/N-ethyl adjacent to an activating group) is 1. The van der Waals surface area contributed by atoms with Crippen LogP contribution in [-0.2, 0) is 6.42 Å². The molecular formula is C16H21NO. The fourth-order valence-electron chi connectivity index (χ4n) is 2.35. The van der Waals surface area contributed by atoms with Crippen molar-refractivity contribution in [2.45, 2.75) is 33.2 Å². The second-order valence-electron chi connectivity index (χ2n) is 4.67. The van der Waals surface area contributed by atoms with Crippen molar-refractivity contribution in [2.24, 2.45) is 0 Å². The van der Waals surface area contributed by atoms with Crippen molar-refractivity contribution in [1.82, 2.24) is 5.32 Å². The van der Waals surface area contributed by atoms with E-state index in [2.05, 4.69) is 49.5 Å². The molecule has 0 bridgehead atoms. The smallest absolute Gasteiger partial charge is 0.105 e. The molecule has 1 aromatic heterocycles. The molecule has 18 heavy (non-hydrogen) atoms. The van der Waals surface area contributed by atoms with Crippen molar-refractivity contribution in [1.29, 1.82) is 0 Å². The molecule has 1 heterocycles. The van der Waals surface area contributed by atoms with Gasteiger partial charge in [-0.2, -0.15) is 0 Å². The summed E-state index contributed by atoms with van der Waals surface area (Å²) in [7, 11) is 0. The van der Waals surface area contributed by atoms with Crippen LogP contribution in [0.5, 0.6) is 0 Å². The Balaban J connectivity index is 2.22. The van der Waals surface area contributed by atoms with E-state index in [0.717, 1.165) is 18.7 Å². The van der Waals surface area contributed by atoms with E-state index < -0.39 is 0 Å². The quantitative estimate of drug-likeness (QED) is 0.864. The Morgan fingerprint density at radius 2 is 1.94 bits per heavy atom. The summed E-state index contributed by atoms with van der Waals surface area (Å²) in [5.74, 6) is 1.01. The van der Waals surface area contributed by atoms with Gasteiger partial charge in [-0.25, -0.2) is 0 Å². The zero-order valence-corrected chi connectivity index (χ0v) is 11.4. The topological polar surface area (TPSA) is 25.2 Å². The molecule has 2 nitrogen and oxygen atoms in total. The molecule has 1 N–H and O–H groups in total. The van der Waals surface area contributed by atoms with Crippen molar-refractivity contribution in [3.05, 3.63) is 59.0 Å². The van der Waals surface area contributed by atoms with Crippen molar-refractivity contribution in [3.8, 4) is 0 Å². The highest BCUT2D eigenvalue weighted by Crippen LogP contribution is 2.23. The summed E-state index contributed by atoms with van der Waals surface area (Å²) in [6, 6.07) is 11.0. The summed E-state index contributed by atoms with van der Waals surface area (Å²) in [5, 5.41) is 3.54. The van der Waals surface area contributed by atoms with E-state index in [-0.39, 0.29) is 0 Å². The first-order chi connectivity index (χ1) is 8.72. The maximum Gasteiger partial charge on any atom is 0.105 e. The normalized spacial score (nSPS) is 12.6. The fraction of sp³-hybridized carbons (Fsp3) is 0.375. The molecule has 0 saturated heterocycles. The van der Waals surface area contributed by atoms with Crippen molar-refractivity contribution in [2.75, 3.05) is 6.54 Å². The lowest BCUT2D eigenvalue weighted by molar-refractivity contribution is 0.501. The SMILES string of the molecule is CCNC(Cc1ccccc1C)c1ccoc1C. The Hall–Kier alpha value is -1.54. The minimum Gasteiger partial charge on any atom is -0.469 e. The van der Waals surface area contributed by atoms with Crippen LogP contribution in [0.15, 0.2) is 41.0 Å². The van der Waals surface area contributed by atoms with Crippen LogP contribution in [0.25, 0.3) is 0 Å². The van der Waals surface area contributed by atoms with Gasteiger partial charge in [0.2, 0.25) is 0 Å². The number of nitrogens with one attached hydrogen (secondary N) is 1. The molecule has 1 aromatic carbocycles. The van der Waals surface area contributed by atoms with Gasteiger partial charge in [0.1, 0.15) is 5.76 Å². The van der Waals surface area contributed by atoms with Gasteiger partial charge in [-0.1, -0.05) is 31.2 Å². The van der Waals surface area contributed by atoms with E-state index in [4.69, 9.17) is 4.42 Å². The summed E-state index contributed by atoms with van der Waals surface area (Å²) < 4.78 is 5.42. The van der Waals surface area contributed by atoms with Crippen molar-refractivity contribution < 1.29 is 4.42 Å². The van der Waals surface area contributed by atoms with Gasteiger partial charge in [-0.3, -0.25) is 0 Å². The highest BCUT2D eigenvalue weighted by Gasteiger charge is 2.16. The first-order valence-corrected chi connectivity index (χ1v) is 6.54. The van der Waals surface area contributed by atoms with Crippen LogP contribution in [-0.4, -0.2) is 6.54 Å². The lowest BCUT2D eigenvalue weighted by atomic mass is 9.96. The lowest BCUT2D eigenvalue weighted by Crippen LogP contribution is -2.23. The Kier molecular flexibility index (Phi) is 4.21. The number of aryl methyl sites for hydroxylation is 2. The molecule has 2 rings (SSSR count). The third-order valence-electron chi connectivity index (χ3n) is 3.41. The molecular weight excluding hydrogens is 222 g/mol. The standard InChI is InChI=1S/C16H21NO/c1-4-17-16(15-9-10-18-13(15)3)11-14-8-6-5-7-12(14)2/h5-10,16-17H,4,11H2,1-3H3. The molecule has 1 unspecified atom stereocenters. The zero-order chi connectivity index (χ0) is 13.0. The van der Waals surface area contributed by atoms with Gasteiger partial charge >= 0.3 is 0 Å². The minimum absolute atomic E-state index is 0.329. The second-order valence-corrected chi connectivity index (χ2v) is 4.67. The Morgan fingerprint density at radius 1 is 1.17 bits per heavy atom. The van der Waals surface area contributed by atoms with Gasteiger partial charge in [0, 0.05) is 11.6 Å². The predicted octanol–water partition coefficient (Wildman–Crippen LogP) is 3.79. The summed E-state index contributed by atoms with van der Waals surface area (Å²) in [6.45, 7) is 7.29. The highest BCUT2D eigenvalue weighted by molar-refractivity contribution is 5.29. The number of hydrogen-bond donors (Lipinski definition) is 1. The highest BCUT2D eigenvalue weighted by atomic mass is 16.3. The van der Waals surface area contributed by atoms with Gasteiger partial charge in [-0.05, 0) is 44.0 Å². The van der Waals surface area contributed by atoms with Crippen LogP contribution >= 0.6 is 0 Å². The van der Waals surface area contributed by atoms with Crippen LogP contribution < -0.4 is 5.32 Å². The number of hydrogen-bond acceptors (Lipinski definition) is 2. The Bertz CT molecular complexity index is 501. The molecule has 0 amide bonds. The molecule has 2 aromatic rings. The van der Waals surface area contributed by atoms with Gasteiger partial charge in [0.15, 0.2) is 0 Å². The number of rotatable bonds is 5. The first kappa shape index (κ1) is 12.9. The van der Waals surface area contributed by atoms with Crippen LogP contribution in [0.4, 0.5) is 0 Å². The molecule has 1 atom stereocenters. The summed E-state index contributed by atoms with van der Waals surface area (Å²) in [4.78, 5) is 0. The van der Waals surface area contributed by atoms with E-state index in [1.807, 2.05) is 6.92 Å². The van der Waals surface area contributed by atoms with Gasteiger partial charge in [-0.15, -0.1) is 0 Å². The summed E-state index contributed by atoms with van der Waals surface area (Å²) in [6.07, 6.45) is 2.77. The molecule has 0 spiro atoms. The van der Waals surface area contributed by atoms with Crippen LogP contribution in [0.2, 0.25) is 0 Å². The maximum atomic E-state index is 5.42. The average Bonchev–Trinajstić information content (AvgIpc) is 2.78. The van der Waals surface area contributed by atoms with Gasteiger partial charge in [0.25, 0.3) is 0 Å². The monoisotopic (exact) mass is 243 g/mol. The zero-order valence-electron chi connectivity index (χ0n) is 11.4. The van der Waals surface area contributed by atoms with Gasteiger partial charge < -0.3 is 9.73 Å². The van der Waals surface area contributed by atoms with E-state index in [9.17, 15) is 0 Å². The minimum atomic E-state index is 0.329. The fourth-order valence-corrected chi connectivity index (χ4v) is 2.35. The van der Waals surface area contributed by atoms with Gasteiger partial charge in [0.05, 0.1) is 6.26 Å². The average molecular weight is 243 g/mol. The summed E-state index contributed by atoms with van der Waals surface area (Å²) >= 11 is 0. The molecule has 96 valence electrons. The van der Waals surface area contributed by atoms with E-state index >= 15 is 0 Å². The first-order valence-electron chi connectivity index (χ1n) is 6.54. The molecule has 0 aliphatic rings. The molecule has 0 radical (unpaired) electrons. The second kappa shape index (κ2) is 5.87. The molecule has 0 fully saturated rings. The number of benzene rings is 1. The van der Waals surface area contributed by atoms with Crippen LogP contribution in [0, 0.1) is 13.8 Å². The van der Waals surface area contributed by atoms with E-state index in [0.29, 0.717) is 6.04 Å². The maximum absolute atomic E-state index is 5.42. The van der Waals surface area contributed by atoms with Crippen LogP contribution in [0.3, 0.4) is 0 Å². The van der Waals surface area contributed by atoms with Crippen LogP contribution in [0.1, 0.15) is 35.4 Å². The molecule has 0 saturated carbocycles. The Labute approximate surface area is 109 Å². The lowest BCUT2D eigenvalue weighted by Gasteiger charge is -2.18. The van der Waals surface area contributed by atoms with E-state index in [1.54, 1.807) is 6.26 Å². The molecule has 0 aliphatic carbocycles. The molecule has 0 aliphatic heterocycles. The van der Waals surface area contributed by atoms with E-state index in [1.165, 1.54) is 16.7 Å². The largest absolute Gasteiger partial charge is 0.469 e. The third-order valence-corrected chi connectivity index (χ3v) is 3.41. The van der Waals surface area contributed by atoms with Crippen molar-refractivity contribution in [3.63, 3.8) is 0 Å². The third kappa shape index (κ3) is 2.82. The Morgan fingerprint density at radius 3 is 2.56 bits per heavy atom. The predicted molar refractivity (Wildman–Crippen MR) is 74.7 cm³/mol. The molecule has 2 heteroatoms.